The standard InChI is InChI=1S/C22H19N3.C2H6/c1-14-6-10-16(11-7-14)20-21(17-12-8-15(2)9-13-17)25-22-18(23)4-3-5-19(22)24-20;1-2/h3-13H,23H2,1-2H3;1-2H3. The van der Waals surface area contributed by atoms with E-state index in [1.165, 1.54) is 11.1 Å². The van der Waals surface area contributed by atoms with Crippen LogP contribution in [0.5, 0.6) is 0 Å². The molecule has 4 aromatic rings. The Bertz CT molecular complexity index is 1050. The number of nitrogens with two attached hydrogens (primary N) is 1. The van der Waals surface area contributed by atoms with Gasteiger partial charge >= 0.3 is 0 Å². The molecule has 0 amide bonds. The van der Waals surface area contributed by atoms with E-state index in [9.17, 15) is 0 Å². The third-order valence-corrected chi connectivity index (χ3v) is 4.38. The second-order valence-corrected chi connectivity index (χ2v) is 6.37. The highest BCUT2D eigenvalue weighted by molar-refractivity contribution is 5.92. The van der Waals surface area contributed by atoms with E-state index in [1.54, 1.807) is 0 Å². The summed E-state index contributed by atoms with van der Waals surface area (Å²) in [6.07, 6.45) is 0. The SMILES string of the molecule is CC.Cc1ccc(-c2nc3cccc(N)c3nc2-c2ccc(C)cc2)cc1. The molecule has 1 heterocycles. The molecule has 3 nitrogen and oxygen atoms in total. The Hall–Kier alpha value is -3.20. The fourth-order valence-corrected chi connectivity index (χ4v) is 2.92. The van der Waals surface area contributed by atoms with Gasteiger partial charge in [0.15, 0.2) is 0 Å². The molecule has 27 heavy (non-hydrogen) atoms. The average molecular weight is 355 g/mol. The largest absolute Gasteiger partial charge is 0.397 e. The van der Waals surface area contributed by atoms with Crippen LogP contribution in [-0.4, -0.2) is 9.97 Å². The summed E-state index contributed by atoms with van der Waals surface area (Å²) >= 11 is 0. The van der Waals surface area contributed by atoms with Crippen LogP contribution in [-0.2, 0) is 0 Å². The van der Waals surface area contributed by atoms with Gasteiger partial charge in [-0.05, 0) is 26.0 Å². The average Bonchev–Trinajstić information content (AvgIpc) is 2.70. The number of aromatic nitrogens is 2. The Morgan fingerprint density at radius 2 is 1.11 bits per heavy atom. The highest BCUT2D eigenvalue weighted by Gasteiger charge is 2.14. The van der Waals surface area contributed by atoms with Crippen molar-refractivity contribution in [2.45, 2.75) is 27.7 Å². The van der Waals surface area contributed by atoms with Gasteiger partial charge in [0.25, 0.3) is 0 Å². The number of benzene rings is 3. The van der Waals surface area contributed by atoms with Crippen molar-refractivity contribution in [3.63, 3.8) is 0 Å². The first kappa shape index (κ1) is 18.6. The lowest BCUT2D eigenvalue weighted by Crippen LogP contribution is -1.98. The third kappa shape index (κ3) is 3.82. The number of hydrogen-bond donors (Lipinski definition) is 1. The first-order valence-corrected chi connectivity index (χ1v) is 9.32. The van der Waals surface area contributed by atoms with E-state index in [-0.39, 0.29) is 0 Å². The third-order valence-electron chi connectivity index (χ3n) is 4.38. The highest BCUT2D eigenvalue weighted by atomic mass is 14.8. The zero-order chi connectivity index (χ0) is 19.4. The molecule has 1 aromatic heterocycles. The predicted molar refractivity (Wildman–Crippen MR) is 116 cm³/mol. The molecule has 0 spiro atoms. The molecule has 0 atom stereocenters. The van der Waals surface area contributed by atoms with Crippen molar-refractivity contribution in [1.82, 2.24) is 9.97 Å². The summed E-state index contributed by atoms with van der Waals surface area (Å²) in [6, 6.07) is 22.5. The van der Waals surface area contributed by atoms with E-state index in [4.69, 9.17) is 15.7 Å². The minimum Gasteiger partial charge on any atom is -0.397 e. The smallest absolute Gasteiger partial charge is 0.112 e. The maximum atomic E-state index is 6.13. The van der Waals surface area contributed by atoms with Crippen molar-refractivity contribution in [3.05, 3.63) is 77.9 Å². The second-order valence-electron chi connectivity index (χ2n) is 6.37. The van der Waals surface area contributed by atoms with E-state index >= 15 is 0 Å². The fraction of sp³-hybridized carbons (Fsp3) is 0.167. The van der Waals surface area contributed by atoms with Crippen molar-refractivity contribution in [2.24, 2.45) is 0 Å². The van der Waals surface area contributed by atoms with Gasteiger partial charge < -0.3 is 5.73 Å². The van der Waals surface area contributed by atoms with E-state index in [1.807, 2.05) is 32.0 Å². The molecule has 136 valence electrons. The van der Waals surface area contributed by atoms with E-state index in [2.05, 4.69) is 62.4 Å². The van der Waals surface area contributed by atoms with Crippen molar-refractivity contribution >= 4 is 16.7 Å². The van der Waals surface area contributed by atoms with Gasteiger partial charge in [0.2, 0.25) is 0 Å². The van der Waals surface area contributed by atoms with E-state index in [0.717, 1.165) is 33.5 Å². The van der Waals surface area contributed by atoms with Crippen molar-refractivity contribution in [2.75, 3.05) is 5.73 Å². The summed E-state index contributed by atoms with van der Waals surface area (Å²) < 4.78 is 0. The Balaban J connectivity index is 0.00000102. The number of anilines is 1. The first-order valence-electron chi connectivity index (χ1n) is 9.32. The Morgan fingerprint density at radius 3 is 1.63 bits per heavy atom. The normalized spacial score (nSPS) is 10.4. The fourth-order valence-electron chi connectivity index (χ4n) is 2.92. The zero-order valence-corrected chi connectivity index (χ0v) is 16.3. The summed E-state index contributed by atoms with van der Waals surface area (Å²) in [6.45, 7) is 8.16. The summed E-state index contributed by atoms with van der Waals surface area (Å²) in [5, 5.41) is 0. The number of fused-ring (bicyclic) bond motifs is 1. The van der Waals surface area contributed by atoms with E-state index < -0.39 is 0 Å². The van der Waals surface area contributed by atoms with Crippen LogP contribution in [0.25, 0.3) is 33.5 Å². The summed E-state index contributed by atoms with van der Waals surface area (Å²) in [4.78, 5) is 9.78. The molecule has 0 unspecified atom stereocenters. The van der Waals surface area contributed by atoms with Gasteiger partial charge in [0, 0.05) is 11.1 Å². The van der Waals surface area contributed by atoms with Gasteiger partial charge in [0.05, 0.1) is 22.6 Å². The van der Waals surface area contributed by atoms with Crippen molar-refractivity contribution in [1.29, 1.82) is 0 Å². The van der Waals surface area contributed by atoms with Crippen LogP contribution in [0.15, 0.2) is 66.7 Å². The maximum Gasteiger partial charge on any atom is 0.112 e. The van der Waals surface area contributed by atoms with E-state index in [0.29, 0.717) is 5.69 Å². The minimum absolute atomic E-state index is 0.647. The van der Waals surface area contributed by atoms with Gasteiger partial charge in [-0.25, -0.2) is 9.97 Å². The first-order chi connectivity index (χ1) is 13.1. The maximum absolute atomic E-state index is 6.13. The molecule has 0 bridgehead atoms. The molecule has 0 radical (unpaired) electrons. The quantitative estimate of drug-likeness (QED) is 0.436. The number of hydrogen-bond acceptors (Lipinski definition) is 3. The molecule has 0 fully saturated rings. The van der Waals surface area contributed by atoms with Crippen LogP contribution in [0.3, 0.4) is 0 Å². The lowest BCUT2D eigenvalue weighted by atomic mass is 10.0. The number of aryl methyl sites for hydroxylation is 2. The van der Waals surface area contributed by atoms with Crippen molar-refractivity contribution in [3.8, 4) is 22.5 Å². The van der Waals surface area contributed by atoms with Crippen LogP contribution in [0.1, 0.15) is 25.0 Å². The van der Waals surface area contributed by atoms with Gasteiger partial charge in [-0.15, -0.1) is 0 Å². The Labute approximate surface area is 160 Å². The van der Waals surface area contributed by atoms with Gasteiger partial charge in [0.1, 0.15) is 5.52 Å². The monoisotopic (exact) mass is 355 g/mol. The number of nitrogens with zero attached hydrogens (tertiary/aromatic N) is 2. The highest BCUT2D eigenvalue weighted by Crippen LogP contribution is 2.32. The molecule has 0 saturated carbocycles. The van der Waals surface area contributed by atoms with Crippen LogP contribution in [0.2, 0.25) is 0 Å². The molecular weight excluding hydrogens is 330 g/mol. The summed E-state index contributed by atoms with van der Waals surface area (Å²) in [7, 11) is 0. The van der Waals surface area contributed by atoms with Gasteiger partial charge in [-0.1, -0.05) is 79.6 Å². The topological polar surface area (TPSA) is 51.8 Å². The molecule has 0 aliphatic carbocycles. The molecular formula is C24H25N3. The predicted octanol–water partition coefficient (Wildman–Crippen LogP) is 6.19. The number of nitrogen functional groups attached to an aromatic ring is 1. The molecule has 0 saturated heterocycles. The van der Waals surface area contributed by atoms with Crippen LogP contribution >= 0.6 is 0 Å². The zero-order valence-electron chi connectivity index (χ0n) is 16.3. The molecule has 0 aliphatic heterocycles. The second kappa shape index (κ2) is 8.00. The molecule has 4 rings (SSSR count). The number of rotatable bonds is 2. The van der Waals surface area contributed by atoms with Gasteiger partial charge in [-0.3, -0.25) is 0 Å². The molecule has 0 aliphatic rings. The van der Waals surface area contributed by atoms with Crippen LogP contribution in [0.4, 0.5) is 5.69 Å². The lowest BCUT2D eigenvalue weighted by Gasteiger charge is -2.12. The molecule has 3 aromatic carbocycles. The number of para-hydroxylation sites is 1. The minimum atomic E-state index is 0.647. The molecule has 3 heteroatoms. The van der Waals surface area contributed by atoms with Crippen molar-refractivity contribution < 1.29 is 0 Å². The Kier molecular flexibility index (Phi) is 5.51. The summed E-state index contributed by atoms with van der Waals surface area (Å²) in [5.41, 5.74) is 14.6. The molecule has 2 N–H and O–H groups in total. The summed E-state index contributed by atoms with van der Waals surface area (Å²) in [5.74, 6) is 0. The Morgan fingerprint density at radius 1 is 0.630 bits per heavy atom. The van der Waals surface area contributed by atoms with Gasteiger partial charge in [-0.2, -0.15) is 0 Å². The van der Waals surface area contributed by atoms with Crippen LogP contribution < -0.4 is 5.73 Å². The van der Waals surface area contributed by atoms with Crippen LogP contribution in [0, 0.1) is 13.8 Å². The lowest BCUT2D eigenvalue weighted by molar-refractivity contribution is 1.29.